The molecule has 0 aliphatic carbocycles. The molecule has 158 valence electrons. The van der Waals surface area contributed by atoms with Gasteiger partial charge in [0, 0.05) is 5.69 Å². The van der Waals surface area contributed by atoms with Gasteiger partial charge in [-0.1, -0.05) is 53.5 Å². The second kappa shape index (κ2) is 9.65. The molecule has 0 radical (unpaired) electrons. The summed E-state index contributed by atoms with van der Waals surface area (Å²) in [5.74, 6) is -1.30. The van der Waals surface area contributed by atoms with Gasteiger partial charge in [-0.15, -0.1) is 0 Å². The summed E-state index contributed by atoms with van der Waals surface area (Å²) in [5, 5.41) is 16.2. The largest absolute Gasteiger partial charge is 0.449 e. The topological polar surface area (TPSA) is 97.0 Å². The van der Waals surface area contributed by atoms with E-state index in [1.165, 1.54) is 29.8 Å². The number of carbonyl (C=O) groups excluding carboxylic acids is 2. The van der Waals surface area contributed by atoms with E-state index in [1.54, 1.807) is 6.92 Å². The third-order valence-electron chi connectivity index (χ3n) is 4.45. The Labute approximate surface area is 189 Å². The summed E-state index contributed by atoms with van der Waals surface area (Å²) in [6.07, 6.45) is -1.10. The number of rotatable bonds is 6. The fourth-order valence-electron chi connectivity index (χ4n) is 2.85. The maximum atomic E-state index is 12.7. The third kappa shape index (κ3) is 5.23. The van der Waals surface area contributed by atoms with Crippen molar-refractivity contribution in [1.29, 1.82) is 5.26 Å². The van der Waals surface area contributed by atoms with E-state index in [-0.39, 0.29) is 21.3 Å². The number of amides is 1. The molecule has 2 aromatic carbocycles. The highest BCUT2D eigenvalue weighted by atomic mass is 35.5. The molecule has 3 aromatic rings. The van der Waals surface area contributed by atoms with Crippen LogP contribution in [-0.4, -0.2) is 27.8 Å². The van der Waals surface area contributed by atoms with Crippen molar-refractivity contribution in [3.63, 3.8) is 0 Å². The molecule has 1 aromatic heterocycles. The molecular formula is C22H18Cl2N4O3. The summed E-state index contributed by atoms with van der Waals surface area (Å²) in [6.45, 7) is 3.48. The second-order valence-corrected chi connectivity index (χ2v) is 7.50. The third-order valence-corrected chi connectivity index (χ3v) is 5.15. The highest BCUT2D eigenvalue weighted by Crippen LogP contribution is 2.23. The molecule has 7 nitrogen and oxygen atoms in total. The lowest BCUT2D eigenvalue weighted by Crippen LogP contribution is -2.30. The number of nitrogens with zero attached hydrogens (tertiary/aromatic N) is 3. The van der Waals surface area contributed by atoms with Crippen LogP contribution >= 0.6 is 23.2 Å². The van der Waals surface area contributed by atoms with E-state index in [1.807, 2.05) is 36.4 Å². The number of hydrogen-bond acceptors (Lipinski definition) is 5. The Morgan fingerprint density at radius 2 is 1.94 bits per heavy atom. The lowest BCUT2D eigenvalue weighted by atomic mass is 10.2. The molecule has 0 bridgehead atoms. The van der Waals surface area contributed by atoms with Gasteiger partial charge in [-0.25, -0.2) is 9.48 Å². The van der Waals surface area contributed by atoms with Crippen molar-refractivity contribution in [2.45, 2.75) is 26.5 Å². The molecule has 1 unspecified atom stereocenters. The first-order chi connectivity index (χ1) is 14.8. The van der Waals surface area contributed by atoms with Crippen molar-refractivity contribution in [3.05, 3.63) is 81.1 Å². The minimum absolute atomic E-state index is 0.110. The number of benzene rings is 2. The standard InChI is InChI=1S/C22H18Cl2N4O3/c1-13-19(20(24)28(27-13)12-15-6-4-3-5-7-15)22(30)31-14(2)21(29)26-17-9-8-16(11-25)18(23)10-17/h3-10,14H,12H2,1-2H3,(H,26,29). The monoisotopic (exact) mass is 456 g/mol. The van der Waals surface area contributed by atoms with Gasteiger partial charge in [0.2, 0.25) is 0 Å². The lowest BCUT2D eigenvalue weighted by molar-refractivity contribution is -0.123. The number of nitriles is 1. The Balaban J connectivity index is 1.68. The van der Waals surface area contributed by atoms with E-state index >= 15 is 0 Å². The first-order valence-electron chi connectivity index (χ1n) is 9.28. The molecule has 1 heterocycles. The summed E-state index contributed by atoms with van der Waals surface area (Å²) in [6, 6.07) is 15.9. The molecular weight excluding hydrogens is 439 g/mol. The number of nitrogens with one attached hydrogen (secondary N) is 1. The molecule has 0 aliphatic rings. The molecule has 3 rings (SSSR count). The Morgan fingerprint density at radius 1 is 1.23 bits per heavy atom. The minimum atomic E-state index is -1.10. The highest BCUT2D eigenvalue weighted by Gasteiger charge is 2.26. The van der Waals surface area contributed by atoms with Crippen LogP contribution < -0.4 is 5.32 Å². The van der Waals surface area contributed by atoms with E-state index < -0.39 is 18.0 Å². The summed E-state index contributed by atoms with van der Waals surface area (Å²) in [7, 11) is 0. The summed E-state index contributed by atoms with van der Waals surface area (Å²) in [5.41, 5.74) is 2.15. The quantitative estimate of drug-likeness (QED) is 0.546. The summed E-state index contributed by atoms with van der Waals surface area (Å²) < 4.78 is 6.80. The average molecular weight is 457 g/mol. The number of anilines is 1. The van der Waals surface area contributed by atoms with E-state index in [0.717, 1.165) is 5.56 Å². The predicted octanol–water partition coefficient (Wildman–Crippen LogP) is 4.60. The van der Waals surface area contributed by atoms with Crippen LogP contribution in [0.5, 0.6) is 0 Å². The van der Waals surface area contributed by atoms with Crippen molar-refractivity contribution in [2.75, 3.05) is 5.32 Å². The molecule has 0 saturated carbocycles. The van der Waals surface area contributed by atoms with Crippen LogP contribution in [0.3, 0.4) is 0 Å². The molecule has 1 atom stereocenters. The van der Waals surface area contributed by atoms with Crippen LogP contribution in [-0.2, 0) is 16.1 Å². The summed E-state index contributed by atoms with van der Waals surface area (Å²) in [4.78, 5) is 25.1. The second-order valence-electron chi connectivity index (χ2n) is 6.74. The molecule has 9 heteroatoms. The minimum Gasteiger partial charge on any atom is -0.449 e. The van der Waals surface area contributed by atoms with Gasteiger partial charge in [-0.3, -0.25) is 4.79 Å². The van der Waals surface area contributed by atoms with Crippen molar-refractivity contribution in [2.24, 2.45) is 0 Å². The fourth-order valence-corrected chi connectivity index (χ4v) is 3.38. The Hall–Kier alpha value is -3.34. The van der Waals surface area contributed by atoms with E-state index in [9.17, 15) is 9.59 Å². The maximum absolute atomic E-state index is 12.7. The van der Waals surface area contributed by atoms with Gasteiger partial charge < -0.3 is 10.1 Å². The first-order valence-corrected chi connectivity index (χ1v) is 10.0. The summed E-state index contributed by atoms with van der Waals surface area (Å²) >= 11 is 12.3. The van der Waals surface area contributed by atoms with Crippen LogP contribution in [0.15, 0.2) is 48.5 Å². The molecule has 1 N–H and O–H groups in total. The van der Waals surface area contributed by atoms with Gasteiger partial charge in [-0.2, -0.15) is 10.4 Å². The predicted molar refractivity (Wildman–Crippen MR) is 117 cm³/mol. The van der Waals surface area contributed by atoms with Crippen molar-refractivity contribution < 1.29 is 14.3 Å². The number of esters is 1. The zero-order valence-corrected chi connectivity index (χ0v) is 18.2. The first kappa shape index (κ1) is 22.3. The van der Waals surface area contributed by atoms with E-state index in [4.69, 9.17) is 33.2 Å². The van der Waals surface area contributed by atoms with Crippen molar-refractivity contribution >= 4 is 40.8 Å². The molecule has 0 fully saturated rings. The van der Waals surface area contributed by atoms with Gasteiger partial charge in [0.25, 0.3) is 5.91 Å². The average Bonchev–Trinajstić information content (AvgIpc) is 3.01. The Morgan fingerprint density at radius 3 is 2.58 bits per heavy atom. The van der Waals surface area contributed by atoms with E-state index in [0.29, 0.717) is 17.9 Å². The Kier molecular flexibility index (Phi) is 6.95. The van der Waals surface area contributed by atoms with E-state index in [2.05, 4.69) is 10.4 Å². The number of ether oxygens (including phenoxy) is 1. The SMILES string of the molecule is Cc1nn(Cc2ccccc2)c(Cl)c1C(=O)OC(C)C(=O)Nc1ccc(C#N)c(Cl)c1. The zero-order chi connectivity index (χ0) is 22.5. The molecule has 0 saturated heterocycles. The fraction of sp³-hybridized carbons (Fsp3) is 0.182. The van der Waals surface area contributed by atoms with Crippen LogP contribution in [0.2, 0.25) is 10.2 Å². The number of hydrogen-bond donors (Lipinski definition) is 1. The van der Waals surface area contributed by atoms with Crippen LogP contribution in [0, 0.1) is 18.3 Å². The zero-order valence-electron chi connectivity index (χ0n) is 16.7. The molecule has 0 spiro atoms. The molecule has 31 heavy (non-hydrogen) atoms. The van der Waals surface area contributed by atoms with Gasteiger partial charge in [-0.05, 0) is 37.6 Å². The smallest absolute Gasteiger partial charge is 0.343 e. The highest BCUT2D eigenvalue weighted by molar-refractivity contribution is 6.33. The van der Waals surface area contributed by atoms with Gasteiger partial charge >= 0.3 is 5.97 Å². The van der Waals surface area contributed by atoms with Crippen LogP contribution in [0.1, 0.15) is 34.1 Å². The van der Waals surface area contributed by atoms with Crippen molar-refractivity contribution in [1.82, 2.24) is 9.78 Å². The lowest BCUT2D eigenvalue weighted by Gasteiger charge is -2.14. The maximum Gasteiger partial charge on any atom is 0.343 e. The van der Waals surface area contributed by atoms with Gasteiger partial charge in [0.1, 0.15) is 16.8 Å². The number of aryl methyl sites for hydroxylation is 1. The number of carbonyl (C=O) groups is 2. The number of aromatic nitrogens is 2. The van der Waals surface area contributed by atoms with Crippen LogP contribution in [0.4, 0.5) is 5.69 Å². The number of halogens is 2. The van der Waals surface area contributed by atoms with Gasteiger partial charge in [0.05, 0.1) is 22.8 Å². The normalized spacial score (nSPS) is 11.5. The molecule has 1 amide bonds. The Bertz CT molecular complexity index is 1170. The van der Waals surface area contributed by atoms with Crippen LogP contribution in [0.25, 0.3) is 0 Å². The molecule has 0 aliphatic heterocycles. The van der Waals surface area contributed by atoms with Crippen molar-refractivity contribution in [3.8, 4) is 6.07 Å². The van der Waals surface area contributed by atoms with Gasteiger partial charge in [0.15, 0.2) is 6.10 Å².